The van der Waals surface area contributed by atoms with Crippen LogP contribution in [0.4, 0.5) is 8.78 Å². The summed E-state index contributed by atoms with van der Waals surface area (Å²) in [6.07, 6.45) is 0. The van der Waals surface area contributed by atoms with Crippen molar-refractivity contribution >= 4 is 21.8 Å². The number of fused-ring (bicyclic) bond motifs is 2. The number of nitrogens with one attached hydrogen (secondary N) is 2. The second-order valence-corrected chi connectivity index (χ2v) is 5.37. The second-order valence-electron chi connectivity index (χ2n) is 5.37. The summed E-state index contributed by atoms with van der Waals surface area (Å²) in [6, 6.07) is 12.4. The molecule has 4 aromatic rings. The molecule has 0 radical (unpaired) electrons. The highest BCUT2D eigenvalue weighted by Crippen LogP contribution is 2.17. The van der Waals surface area contributed by atoms with E-state index in [1.165, 1.54) is 24.3 Å². The zero-order chi connectivity index (χ0) is 17.1. The number of benzene rings is 2. The zero-order valence-corrected chi connectivity index (χ0v) is 12.7. The van der Waals surface area contributed by atoms with Gasteiger partial charge < -0.3 is 20.2 Å². The Hall–Kier alpha value is -2.70. The van der Waals surface area contributed by atoms with Crippen molar-refractivity contribution in [1.29, 1.82) is 0 Å². The molecular weight excluding hydrogens is 314 g/mol. The maximum absolute atomic E-state index is 12.7. The molecule has 0 fully saturated rings. The maximum atomic E-state index is 12.7. The van der Waals surface area contributed by atoms with Crippen molar-refractivity contribution in [2.45, 2.75) is 13.2 Å². The second kappa shape index (κ2) is 6.82. The first kappa shape index (κ1) is 16.2. The molecule has 0 saturated carbocycles. The average molecular weight is 330 g/mol. The van der Waals surface area contributed by atoms with Crippen molar-refractivity contribution in [3.8, 4) is 0 Å². The van der Waals surface area contributed by atoms with Gasteiger partial charge in [-0.25, -0.2) is 8.78 Å². The van der Waals surface area contributed by atoms with Gasteiger partial charge in [-0.1, -0.05) is 0 Å². The number of hydrogen-bond donors (Lipinski definition) is 4. The van der Waals surface area contributed by atoms with Crippen LogP contribution in [0.25, 0.3) is 21.8 Å². The minimum Gasteiger partial charge on any atom is -0.390 e. The van der Waals surface area contributed by atoms with E-state index in [0.29, 0.717) is 11.4 Å². The molecule has 0 atom stereocenters. The fourth-order valence-electron chi connectivity index (χ4n) is 2.50. The first-order chi connectivity index (χ1) is 11.6. The molecule has 0 aliphatic carbocycles. The molecule has 0 amide bonds. The number of aliphatic hydroxyl groups is 2. The monoisotopic (exact) mass is 330 g/mol. The van der Waals surface area contributed by atoms with Crippen LogP contribution in [0.2, 0.25) is 0 Å². The normalized spacial score (nSPS) is 10.8. The molecule has 2 aromatic carbocycles. The van der Waals surface area contributed by atoms with Gasteiger partial charge in [0.2, 0.25) is 0 Å². The molecule has 0 bridgehead atoms. The Morgan fingerprint density at radius 1 is 0.667 bits per heavy atom. The Kier molecular flexibility index (Phi) is 4.59. The predicted octanol–water partition coefficient (Wildman–Crippen LogP) is 3.60. The number of aliphatic hydroxyl groups excluding tert-OH is 2. The molecule has 4 rings (SSSR count). The minimum absolute atomic E-state index is 0.0453. The van der Waals surface area contributed by atoms with Crippen LogP contribution in [0.5, 0.6) is 0 Å². The summed E-state index contributed by atoms with van der Waals surface area (Å²) in [5.74, 6) is -0.517. The molecular formula is C18H16F2N2O2. The lowest BCUT2D eigenvalue weighted by Crippen LogP contribution is -1.78. The first-order valence-electron chi connectivity index (χ1n) is 7.35. The summed E-state index contributed by atoms with van der Waals surface area (Å²) >= 11 is 0. The standard InChI is InChI=1S/2C9H8FNO/c2*10-7-1-2-9-6(3-7)4-8(5-12)11-9/h2*1-4,11-12H,5H2. The molecule has 0 unspecified atom stereocenters. The van der Waals surface area contributed by atoms with Crippen molar-refractivity contribution in [3.63, 3.8) is 0 Å². The molecule has 2 heterocycles. The highest BCUT2D eigenvalue weighted by molar-refractivity contribution is 5.80. The smallest absolute Gasteiger partial charge is 0.123 e. The van der Waals surface area contributed by atoms with E-state index in [1.807, 2.05) is 0 Å². The molecule has 2 aromatic heterocycles. The zero-order valence-electron chi connectivity index (χ0n) is 12.7. The van der Waals surface area contributed by atoms with Gasteiger partial charge in [0.15, 0.2) is 0 Å². The van der Waals surface area contributed by atoms with Gasteiger partial charge in [-0.3, -0.25) is 0 Å². The van der Waals surface area contributed by atoms with E-state index in [2.05, 4.69) is 9.97 Å². The number of hydrogen-bond acceptors (Lipinski definition) is 2. The fourth-order valence-corrected chi connectivity index (χ4v) is 2.50. The first-order valence-corrected chi connectivity index (χ1v) is 7.35. The van der Waals surface area contributed by atoms with Crippen molar-refractivity contribution in [3.05, 3.63) is 71.6 Å². The molecule has 124 valence electrons. The lowest BCUT2D eigenvalue weighted by atomic mass is 10.2. The highest BCUT2D eigenvalue weighted by atomic mass is 19.1. The summed E-state index contributed by atoms with van der Waals surface area (Å²) in [7, 11) is 0. The summed E-state index contributed by atoms with van der Waals surface area (Å²) in [6.45, 7) is -0.0907. The molecule has 0 aliphatic heterocycles. The van der Waals surface area contributed by atoms with Crippen LogP contribution in [0.15, 0.2) is 48.5 Å². The van der Waals surface area contributed by atoms with E-state index >= 15 is 0 Å². The lowest BCUT2D eigenvalue weighted by Gasteiger charge is -1.87. The van der Waals surface area contributed by atoms with E-state index in [1.54, 1.807) is 24.3 Å². The Bertz CT molecular complexity index is 896. The summed E-state index contributed by atoms with van der Waals surface area (Å²) in [5, 5.41) is 19.1. The van der Waals surface area contributed by atoms with Gasteiger partial charge in [-0.05, 0) is 48.5 Å². The summed E-state index contributed by atoms with van der Waals surface area (Å²) in [5.41, 5.74) is 3.10. The number of H-pyrrole nitrogens is 2. The van der Waals surface area contributed by atoms with Crippen molar-refractivity contribution in [1.82, 2.24) is 9.97 Å². The molecule has 0 aliphatic rings. The maximum Gasteiger partial charge on any atom is 0.123 e. The van der Waals surface area contributed by atoms with Crippen molar-refractivity contribution < 1.29 is 19.0 Å². The van der Waals surface area contributed by atoms with Crippen molar-refractivity contribution in [2.24, 2.45) is 0 Å². The predicted molar refractivity (Wildman–Crippen MR) is 88.4 cm³/mol. The molecule has 4 N–H and O–H groups in total. The Labute approximate surface area is 136 Å². The van der Waals surface area contributed by atoms with E-state index in [9.17, 15) is 8.78 Å². The molecule has 6 heteroatoms. The van der Waals surface area contributed by atoms with E-state index in [-0.39, 0.29) is 24.8 Å². The minimum atomic E-state index is -0.258. The quantitative estimate of drug-likeness (QED) is 0.453. The number of aromatic amines is 2. The molecule has 0 spiro atoms. The van der Waals surface area contributed by atoms with Gasteiger partial charge in [-0.15, -0.1) is 0 Å². The van der Waals surface area contributed by atoms with E-state index in [4.69, 9.17) is 10.2 Å². The van der Waals surface area contributed by atoms with Crippen LogP contribution in [0, 0.1) is 11.6 Å². The Morgan fingerprint density at radius 3 is 1.46 bits per heavy atom. The van der Waals surface area contributed by atoms with Crippen LogP contribution >= 0.6 is 0 Å². The largest absolute Gasteiger partial charge is 0.390 e. The highest BCUT2D eigenvalue weighted by Gasteiger charge is 2.00. The van der Waals surface area contributed by atoms with Crippen LogP contribution in [-0.4, -0.2) is 20.2 Å². The summed E-state index contributed by atoms with van der Waals surface area (Å²) in [4.78, 5) is 5.91. The Balaban J connectivity index is 0.000000141. The topological polar surface area (TPSA) is 72.0 Å². The number of halogens is 2. The number of rotatable bonds is 2. The van der Waals surface area contributed by atoms with Crippen LogP contribution in [0.1, 0.15) is 11.4 Å². The third-order valence-electron chi connectivity index (χ3n) is 3.62. The van der Waals surface area contributed by atoms with E-state index in [0.717, 1.165) is 21.8 Å². The van der Waals surface area contributed by atoms with Crippen molar-refractivity contribution in [2.75, 3.05) is 0 Å². The summed E-state index contributed by atoms with van der Waals surface area (Å²) < 4.78 is 25.3. The third-order valence-corrected chi connectivity index (χ3v) is 3.62. The van der Waals surface area contributed by atoms with Gasteiger partial charge in [-0.2, -0.15) is 0 Å². The van der Waals surface area contributed by atoms with Crippen LogP contribution in [-0.2, 0) is 13.2 Å². The molecule has 4 nitrogen and oxygen atoms in total. The van der Waals surface area contributed by atoms with Gasteiger partial charge in [0.1, 0.15) is 11.6 Å². The van der Waals surface area contributed by atoms with Gasteiger partial charge in [0.25, 0.3) is 0 Å². The van der Waals surface area contributed by atoms with Crippen LogP contribution in [0.3, 0.4) is 0 Å². The van der Waals surface area contributed by atoms with Gasteiger partial charge in [0.05, 0.1) is 13.2 Å². The fraction of sp³-hybridized carbons (Fsp3) is 0.111. The molecule has 0 saturated heterocycles. The lowest BCUT2D eigenvalue weighted by molar-refractivity contribution is 0.277. The molecule has 24 heavy (non-hydrogen) atoms. The van der Waals surface area contributed by atoms with Crippen LogP contribution < -0.4 is 0 Å². The average Bonchev–Trinajstić information content (AvgIpc) is 3.17. The number of aromatic nitrogens is 2. The Morgan fingerprint density at radius 2 is 1.08 bits per heavy atom. The third kappa shape index (κ3) is 3.45. The SMILES string of the molecule is OCc1cc2cc(F)ccc2[nH]1.OCc1cc2cc(F)ccc2[nH]1. The van der Waals surface area contributed by atoms with E-state index < -0.39 is 0 Å². The van der Waals surface area contributed by atoms with Gasteiger partial charge in [0, 0.05) is 33.2 Å². The van der Waals surface area contributed by atoms with Gasteiger partial charge >= 0.3 is 0 Å².